The van der Waals surface area contributed by atoms with Crippen molar-refractivity contribution in [2.24, 2.45) is 5.92 Å². The first-order valence-corrected chi connectivity index (χ1v) is 12.4. The van der Waals surface area contributed by atoms with E-state index >= 15 is 0 Å². The molecule has 2 aromatic rings. The lowest BCUT2D eigenvalue weighted by Gasteiger charge is -2.16. The van der Waals surface area contributed by atoms with Gasteiger partial charge in [-0.2, -0.15) is 0 Å². The van der Waals surface area contributed by atoms with Crippen LogP contribution in [0, 0.1) is 5.92 Å². The molecule has 1 heterocycles. The number of sulfonamides is 1. The smallest absolute Gasteiger partial charge is 0.338 e. The second-order valence-corrected chi connectivity index (χ2v) is 10.1. The number of fused-ring (bicyclic) bond motifs is 1. The average molecular weight is 455 g/mol. The number of carbonyl (C=O) groups excluding carboxylic acids is 2. The van der Waals surface area contributed by atoms with Gasteiger partial charge in [-0.25, -0.2) is 13.2 Å². The van der Waals surface area contributed by atoms with Crippen molar-refractivity contribution in [3.05, 3.63) is 52.9 Å². The zero-order chi connectivity index (χ0) is 22.9. The van der Waals surface area contributed by atoms with Crippen LogP contribution in [0.3, 0.4) is 0 Å². The van der Waals surface area contributed by atoms with Gasteiger partial charge in [-0.05, 0) is 48.6 Å². The Balaban J connectivity index is 1.78. The normalized spacial score (nSPS) is 14.8. The SMILES string of the molecule is CCCS(=O)(=O)Nc1ccc(-c2cc(CC(=O)C3CC3)nc3c2C=CC3)c(C(=O)OC)c1. The van der Waals surface area contributed by atoms with Crippen molar-refractivity contribution in [1.29, 1.82) is 0 Å². The number of carbonyl (C=O) groups is 2. The molecule has 0 unspecified atom stereocenters. The highest BCUT2D eigenvalue weighted by Gasteiger charge is 2.30. The fourth-order valence-electron chi connectivity index (χ4n) is 3.96. The summed E-state index contributed by atoms with van der Waals surface area (Å²) in [4.78, 5) is 29.7. The number of aromatic nitrogens is 1. The zero-order valence-corrected chi connectivity index (χ0v) is 19.0. The summed E-state index contributed by atoms with van der Waals surface area (Å²) in [7, 11) is -2.22. The first-order chi connectivity index (χ1) is 15.3. The Morgan fingerprint density at radius 2 is 1.97 bits per heavy atom. The predicted octanol–water partition coefficient (Wildman–Crippen LogP) is 3.78. The van der Waals surface area contributed by atoms with Crippen LogP contribution in [-0.4, -0.2) is 38.0 Å². The number of anilines is 1. The van der Waals surface area contributed by atoms with E-state index in [9.17, 15) is 18.0 Å². The maximum atomic E-state index is 12.6. The molecule has 1 fully saturated rings. The monoisotopic (exact) mass is 454 g/mol. The minimum absolute atomic E-state index is 0.0106. The Morgan fingerprint density at radius 3 is 2.66 bits per heavy atom. The fourth-order valence-corrected chi connectivity index (χ4v) is 5.08. The molecule has 32 heavy (non-hydrogen) atoms. The van der Waals surface area contributed by atoms with Crippen LogP contribution >= 0.6 is 0 Å². The molecular weight excluding hydrogens is 428 g/mol. The molecule has 0 bridgehead atoms. The maximum Gasteiger partial charge on any atom is 0.338 e. The summed E-state index contributed by atoms with van der Waals surface area (Å²) in [6.45, 7) is 1.78. The van der Waals surface area contributed by atoms with Gasteiger partial charge in [-0.1, -0.05) is 25.1 Å². The van der Waals surface area contributed by atoms with Gasteiger partial charge < -0.3 is 4.74 Å². The van der Waals surface area contributed by atoms with E-state index in [2.05, 4.69) is 9.71 Å². The molecule has 0 atom stereocenters. The molecule has 1 saturated carbocycles. The van der Waals surface area contributed by atoms with E-state index < -0.39 is 16.0 Å². The fraction of sp³-hybridized carbons (Fsp3) is 0.375. The van der Waals surface area contributed by atoms with Gasteiger partial charge in [0, 0.05) is 35.7 Å². The summed E-state index contributed by atoms with van der Waals surface area (Å²) >= 11 is 0. The zero-order valence-electron chi connectivity index (χ0n) is 18.2. The van der Waals surface area contributed by atoms with E-state index in [1.165, 1.54) is 13.2 Å². The second-order valence-electron chi connectivity index (χ2n) is 8.22. The van der Waals surface area contributed by atoms with Gasteiger partial charge >= 0.3 is 5.97 Å². The molecule has 0 saturated heterocycles. The number of methoxy groups -OCH3 is 1. The molecular formula is C24H26N2O5S. The van der Waals surface area contributed by atoms with E-state index in [1.54, 1.807) is 19.1 Å². The van der Waals surface area contributed by atoms with Crippen LogP contribution in [0.2, 0.25) is 0 Å². The van der Waals surface area contributed by atoms with Crippen LogP contribution < -0.4 is 4.72 Å². The number of nitrogens with zero attached hydrogens (tertiary/aromatic N) is 1. The standard InChI is InChI=1S/C24H26N2O5S/c1-3-11-32(29,30)26-16-9-10-18(21(12-16)24(28)31-2)20-13-17(14-23(27)15-7-8-15)25-22-6-4-5-19(20)22/h4-5,9-10,12-13,15,26H,3,6-8,11,14H2,1-2H3. The summed E-state index contributed by atoms with van der Waals surface area (Å²) in [5.74, 6) is -0.237. The number of hydrogen-bond acceptors (Lipinski definition) is 6. The van der Waals surface area contributed by atoms with Gasteiger partial charge in [0.2, 0.25) is 10.0 Å². The Kier molecular flexibility index (Phi) is 6.15. The van der Waals surface area contributed by atoms with Gasteiger partial charge in [-0.15, -0.1) is 0 Å². The number of benzene rings is 1. The lowest BCUT2D eigenvalue weighted by atomic mass is 9.93. The lowest BCUT2D eigenvalue weighted by Crippen LogP contribution is -2.16. The van der Waals surface area contributed by atoms with Crippen molar-refractivity contribution in [2.45, 2.75) is 39.0 Å². The third kappa shape index (κ3) is 4.75. The first kappa shape index (κ1) is 22.2. The molecule has 0 radical (unpaired) electrons. The highest BCUT2D eigenvalue weighted by atomic mass is 32.2. The molecule has 168 valence electrons. The van der Waals surface area contributed by atoms with Gasteiger partial charge in [-0.3, -0.25) is 14.5 Å². The van der Waals surface area contributed by atoms with Crippen molar-refractivity contribution >= 4 is 33.5 Å². The van der Waals surface area contributed by atoms with E-state index in [0.717, 1.165) is 29.7 Å². The molecule has 1 aromatic carbocycles. The lowest BCUT2D eigenvalue weighted by molar-refractivity contribution is -0.119. The summed E-state index contributed by atoms with van der Waals surface area (Å²) in [6, 6.07) is 6.70. The predicted molar refractivity (Wildman–Crippen MR) is 123 cm³/mol. The molecule has 7 nitrogen and oxygen atoms in total. The Hall–Kier alpha value is -3.00. The molecule has 1 N–H and O–H groups in total. The van der Waals surface area contributed by atoms with Crippen LogP contribution in [0.25, 0.3) is 17.2 Å². The minimum atomic E-state index is -3.50. The van der Waals surface area contributed by atoms with Crippen molar-refractivity contribution in [3.63, 3.8) is 0 Å². The maximum absolute atomic E-state index is 12.6. The Morgan fingerprint density at radius 1 is 1.19 bits per heavy atom. The van der Waals surface area contributed by atoms with E-state index in [1.807, 2.05) is 18.2 Å². The first-order valence-electron chi connectivity index (χ1n) is 10.8. The number of pyridine rings is 1. The van der Waals surface area contributed by atoms with Crippen LogP contribution in [0.4, 0.5) is 5.69 Å². The van der Waals surface area contributed by atoms with E-state index in [0.29, 0.717) is 29.8 Å². The second kappa shape index (κ2) is 8.86. The van der Waals surface area contributed by atoms with E-state index in [4.69, 9.17) is 4.74 Å². The van der Waals surface area contributed by atoms with Crippen LogP contribution in [0.1, 0.15) is 53.5 Å². The minimum Gasteiger partial charge on any atom is -0.465 e. The van der Waals surface area contributed by atoms with Gasteiger partial charge in [0.25, 0.3) is 0 Å². The molecule has 1 aromatic heterocycles. The summed E-state index contributed by atoms with van der Waals surface area (Å²) in [5, 5.41) is 0. The molecule has 4 rings (SSSR count). The Labute approximate surface area is 187 Å². The number of esters is 1. The van der Waals surface area contributed by atoms with Crippen LogP contribution in [-0.2, 0) is 32.4 Å². The van der Waals surface area contributed by atoms with Crippen molar-refractivity contribution in [2.75, 3.05) is 17.6 Å². The average Bonchev–Trinajstić information content (AvgIpc) is 3.50. The summed E-state index contributed by atoms with van der Waals surface area (Å²) in [6.07, 6.45) is 7.26. The molecule has 2 aliphatic rings. The Bertz CT molecular complexity index is 1210. The molecule has 0 aliphatic heterocycles. The third-order valence-corrected chi connectivity index (χ3v) is 7.13. The van der Waals surface area contributed by atoms with Crippen LogP contribution in [0.15, 0.2) is 30.3 Å². The number of Topliss-reactive ketones (excluding diaryl/α,β-unsaturated/α-hetero) is 1. The quantitative estimate of drug-likeness (QED) is 0.579. The number of rotatable bonds is 9. The number of ether oxygens (including phenoxy) is 1. The summed E-state index contributed by atoms with van der Waals surface area (Å²) < 4.78 is 31.9. The highest BCUT2D eigenvalue weighted by Crippen LogP contribution is 2.36. The largest absolute Gasteiger partial charge is 0.465 e. The number of allylic oxidation sites excluding steroid dienone is 1. The molecule has 2 aliphatic carbocycles. The molecule has 0 amide bonds. The number of ketones is 1. The van der Waals surface area contributed by atoms with Crippen LogP contribution in [0.5, 0.6) is 0 Å². The van der Waals surface area contributed by atoms with Gasteiger partial charge in [0.1, 0.15) is 5.78 Å². The third-order valence-electron chi connectivity index (χ3n) is 5.64. The van der Waals surface area contributed by atoms with Crippen molar-refractivity contribution in [3.8, 4) is 11.1 Å². The summed E-state index contributed by atoms with van der Waals surface area (Å²) in [5.41, 5.74) is 4.39. The molecule has 8 heteroatoms. The van der Waals surface area contributed by atoms with Gasteiger partial charge in [0.15, 0.2) is 0 Å². The van der Waals surface area contributed by atoms with Gasteiger partial charge in [0.05, 0.1) is 24.1 Å². The van der Waals surface area contributed by atoms with Crippen molar-refractivity contribution < 1.29 is 22.7 Å². The topological polar surface area (TPSA) is 102 Å². The number of nitrogens with one attached hydrogen (secondary N) is 1. The van der Waals surface area contributed by atoms with E-state index in [-0.39, 0.29) is 29.4 Å². The highest BCUT2D eigenvalue weighted by molar-refractivity contribution is 7.92. The molecule has 0 spiro atoms. The van der Waals surface area contributed by atoms with Crippen molar-refractivity contribution in [1.82, 2.24) is 4.98 Å². The number of hydrogen-bond donors (Lipinski definition) is 1.